The van der Waals surface area contributed by atoms with Crippen molar-refractivity contribution >= 4 is 21.9 Å². The van der Waals surface area contributed by atoms with E-state index in [0.29, 0.717) is 11.1 Å². The van der Waals surface area contributed by atoms with Gasteiger partial charge in [0.15, 0.2) is 23.0 Å². The SMILES string of the molecule is Oc1ccc(-c2oc3cc(O)cc(O)c3c(=NCCN=c3c(O)c(-c4ccc(O)cc4)oc4cc(O)cc(O)c34)c2O)cc1. The van der Waals surface area contributed by atoms with Crippen LogP contribution in [0.2, 0.25) is 0 Å². The van der Waals surface area contributed by atoms with Crippen LogP contribution in [0.15, 0.2) is 91.6 Å². The van der Waals surface area contributed by atoms with E-state index in [1.54, 1.807) is 0 Å². The summed E-state index contributed by atoms with van der Waals surface area (Å²) in [5.41, 5.74) is 0.818. The predicted molar refractivity (Wildman–Crippen MR) is 157 cm³/mol. The first-order valence-electron chi connectivity index (χ1n) is 13.1. The third-order valence-electron chi connectivity index (χ3n) is 6.81. The van der Waals surface area contributed by atoms with Crippen LogP contribution in [0.25, 0.3) is 44.6 Å². The molecule has 0 amide bonds. The number of fused-ring (bicyclic) bond motifs is 2. The molecule has 0 atom stereocenters. The first-order chi connectivity index (χ1) is 21.1. The zero-order valence-electron chi connectivity index (χ0n) is 22.6. The smallest absolute Gasteiger partial charge is 0.185 e. The van der Waals surface area contributed by atoms with Crippen LogP contribution in [0.1, 0.15) is 0 Å². The van der Waals surface area contributed by atoms with Crippen LogP contribution in [-0.2, 0) is 0 Å². The number of hydrogen-bond acceptors (Lipinski definition) is 12. The van der Waals surface area contributed by atoms with Crippen LogP contribution in [0, 0.1) is 0 Å². The van der Waals surface area contributed by atoms with Gasteiger partial charge >= 0.3 is 0 Å². The fourth-order valence-electron chi connectivity index (χ4n) is 4.83. The Balaban J connectivity index is 1.50. The van der Waals surface area contributed by atoms with Crippen molar-refractivity contribution in [1.82, 2.24) is 0 Å². The lowest BCUT2D eigenvalue weighted by Gasteiger charge is -2.10. The summed E-state index contributed by atoms with van der Waals surface area (Å²) in [6, 6.07) is 16.3. The van der Waals surface area contributed by atoms with Gasteiger partial charge in [-0.3, -0.25) is 9.98 Å². The van der Waals surface area contributed by atoms with E-state index in [9.17, 15) is 40.9 Å². The van der Waals surface area contributed by atoms with Gasteiger partial charge < -0.3 is 49.7 Å². The third kappa shape index (κ3) is 5.00. The maximum absolute atomic E-state index is 11.2. The molecule has 222 valence electrons. The lowest BCUT2D eigenvalue weighted by atomic mass is 10.1. The predicted octanol–water partition coefficient (Wildman–Crippen LogP) is 4.66. The zero-order chi connectivity index (χ0) is 31.1. The number of phenols is 6. The summed E-state index contributed by atoms with van der Waals surface area (Å²) in [6.07, 6.45) is 0. The van der Waals surface area contributed by atoms with E-state index in [-0.39, 0.29) is 80.3 Å². The molecule has 0 aliphatic heterocycles. The van der Waals surface area contributed by atoms with Gasteiger partial charge in [-0.1, -0.05) is 0 Å². The highest BCUT2D eigenvalue weighted by atomic mass is 16.4. The van der Waals surface area contributed by atoms with Crippen molar-refractivity contribution in [1.29, 1.82) is 0 Å². The molecule has 2 heterocycles. The zero-order valence-corrected chi connectivity index (χ0v) is 22.6. The van der Waals surface area contributed by atoms with E-state index in [4.69, 9.17) is 8.83 Å². The van der Waals surface area contributed by atoms with Gasteiger partial charge in [-0.15, -0.1) is 0 Å². The second-order valence-corrected chi connectivity index (χ2v) is 9.79. The molecule has 6 rings (SSSR count). The Bertz CT molecular complexity index is 2040. The van der Waals surface area contributed by atoms with Crippen molar-refractivity contribution in [3.05, 3.63) is 83.5 Å². The Morgan fingerprint density at radius 3 is 1.18 bits per heavy atom. The summed E-state index contributed by atoms with van der Waals surface area (Å²) in [6.45, 7) is -0.190. The molecule has 0 spiro atoms. The average Bonchev–Trinajstić information content (AvgIpc) is 2.97. The van der Waals surface area contributed by atoms with E-state index in [2.05, 4.69) is 9.98 Å². The maximum atomic E-state index is 11.2. The van der Waals surface area contributed by atoms with Crippen LogP contribution in [0.4, 0.5) is 0 Å². The molecule has 8 N–H and O–H groups in total. The van der Waals surface area contributed by atoms with E-state index >= 15 is 0 Å². The van der Waals surface area contributed by atoms with Crippen LogP contribution in [-0.4, -0.2) is 53.9 Å². The molecule has 0 unspecified atom stereocenters. The molecule has 0 bridgehead atoms. The van der Waals surface area contributed by atoms with Gasteiger partial charge in [0.2, 0.25) is 0 Å². The number of benzene rings is 4. The molecule has 0 saturated heterocycles. The molecular weight excluding hydrogens is 572 g/mol. The molecule has 0 saturated carbocycles. The highest BCUT2D eigenvalue weighted by Gasteiger charge is 2.19. The number of aromatic hydroxyl groups is 8. The molecule has 0 aliphatic rings. The fraction of sp³-hybridized carbons (Fsp3) is 0.0625. The lowest BCUT2D eigenvalue weighted by molar-refractivity contribution is 0.435. The number of rotatable bonds is 5. The van der Waals surface area contributed by atoms with Crippen LogP contribution in [0.3, 0.4) is 0 Å². The Kier molecular flexibility index (Phi) is 6.86. The maximum Gasteiger partial charge on any atom is 0.185 e. The second-order valence-electron chi connectivity index (χ2n) is 9.79. The fourth-order valence-corrected chi connectivity index (χ4v) is 4.83. The average molecular weight is 597 g/mol. The Morgan fingerprint density at radius 1 is 0.455 bits per heavy atom. The molecule has 12 nitrogen and oxygen atoms in total. The van der Waals surface area contributed by atoms with Gasteiger partial charge in [-0.05, 0) is 48.5 Å². The standard InChI is InChI=1S/C32H24N2O10/c35-17-5-1-15(2-6-17)31-29(41)27(25-21(39)11-19(37)13-23(25)43-31)33-9-10-34-28-26-22(40)12-20(38)14-24(26)44-32(30(28)42)16-3-7-18(36)8-4-16/h1-8,11-14,35-42H,9-10H2. The topological polar surface area (TPSA) is 213 Å². The van der Waals surface area contributed by atoms with Crippen molar-refractivity contribution in [2.75, 3.05) is 13.1 Å². The summed E-state index contributed by atoms with van der Waals surface area (Å²) < 4.78 is 11.6. The molecule has 4 aromatic carbocycles. The molecule has 6 aromatic rings. The van der Waals surface area contributed by atoms with Gasteiger partial charge in [0.1, 0.15) is 56.4 Å². The Hall–Kier alpha value is -6.30. The summed E-state index contributed by atoms with van der Waals surface area (Å²) in [5.74, 6) is -2.28. The van der Waals surface area contributed by atoms with Gasteiger partial charge in [0.25, 0.3) is 0 Å². The van der Waals surface area contributed by atoms with Gasteiger partial charge in [-0.25, -0.2) is 0 Å². The first kappa shape index (κ1) is 27.8. The Labute approximate surface area is 246 Å². The largest absolute Gasteiger partial charge is 0.508 e. The van der Waals surface area contributed by atoms with Gasteiger partial charge in [0.05, 0.1) is 23.9 Å². The van der Waals surface area contributed by atoms with Crippen LogP contribution < -0.4 is 10.7 Å². The first-order valence-corrected chi connectivity index (χ1v) is 13.1. The van der Waals surface area contributed by atoms with Crippen molar-refractivity contribution < 1.29 is 49.7 Å². The quantitative estimate of drug-likeness (QED) is 0.129. The summed E-state index contributed by atoms with van der Waals surface area (Å²) >= 11 is 0. The van der Waals surface area contributed by atoms with Gasteiger partial charge in [-0.2, -0.15) is 0 Å². The summed E-state index contributed by atoms with van der Waals surface area (Å²) in [7, 11) is 0. The minimum Gasteiger partial charge on any atom is -0.508 e. The molecule has 0 aliphatic carbocycles. The molecule has 12 heteroatoms. The number of phenolic OH excluding ortho intramolecular Hbond substituents is 6. The van der Waals surface area contributed by atoms with E-state index < -0.39 is 23.0 Å². The molecular formula is C32H24N2O10. The van der Waals surface area contributed by atoms with E-state index in [0.717, 1.165) is 12.1 Å². The molecule has 0 fully saturated rings. The second kappa shape index (κ2) is 10.8. The van der Waals surface area contributed by atoms with E-state index in [1.165, 1.54) is 60.7 Å². The van der Waals surface area contributed by atoms with Crippen molar-refractivity contribution in [3.8, 4) is 68.6 Å². The highest BCUT2D eigenvalue weighted by molar-refractivity contribution is 5.89. The van der Waals surface area contributed by atoms with Crippen molar-refractivity contribution in [2.45, 2.75) is 0 Å². The van der Waals surface area contributed by atoms with Gasteiger partial charge in [0, 0.05) is 35.4 Å². The monoisotopic (exact) mass is 596 g/mol. The summed E-state index contributed by atoms with van der Waals surface area (Å²) in [5, 5.41) is 82.9. The minimum absolute atomic E-state index is 0.00449. The lowest BCUT2D eigenvalue weighted by Crippen LogP contribution is -2.11. The number of hydrogen-bond donors (Lipinski definition) is 8. The Morgan fingerprint density at radius 2 is 0.818 bits per heavy atom. The number of nitrogens with zero attached hydrogens (tertiary/aromatic N) is 2. The molecule has 2 aromatic heterocycles. The highest BCUT2D eigenvalue weighted by Crippen LogP contribution is 2.37. The van der Waals surface area contributed by atoms with Crippen molar-refractivity contribution in [2.24, 2.45) is 9.98 Å². The van der Waals surface area contributed by atoms with E-state index in [1.807, 2.05) is 0 Å². The summed E-state index contributed by atoms with van der Waals surface area (Å²) in [4.78, 5) is 8.90. The van der Waals surface area contributed by atoms with Crippen LogP contribution >= 0.6 is 0 Å². The molecule has 44 heavy (non-hydrogen) atoms. The minimum atomic E-state index is -0.418. The third-order valence-corrected chi connectivity index (χ3v) is 6.81. The van der Waals surface area contributed by atoms with Crippen molar-refractivity contribution in [3.63, 3.8) is 0 Å². The normalized spacial score (nSPS) is 12.4. The van der Waals surface area contributed by atoms with Crippen LogP contribution in [0.5, 0.6) is 46.0 Å². The molecule has 0 radical (unpaired) electrons.